The number of hydrogen-bond donors (Lipinski definition) is 0. The van der Waals surface area contributed by atoms with E-state index in [1.807, 2.05) is 0 Å². The van der Waals surface area contributed by atoms with Crippen LogP contribution in [0.5, 0.6) is 0 Å². The molecule has 0 amide bonds. The summed E-state index contributed by atoms with van der Waals surface area (Å²) in [5.74, 6) is 0. The summed E-state index contributed by atoms with van der Waals surface area (Å²) < 4.78 is 1.03. The Morgan fingerprint density at radius 2 is 1.82 bits per heavy atom. The average molecular weight is 156 g/mol. The fraction of sp³-hybridized carbons (Fsp3) is 0.800. The number of hydrogen-bond acceptors (Lipinski definition) is 0. The summed E-state index contributed by atoms with van der Waals surface area (Å²) >= 11 is 0. The Morgan fingerprint density at radius 1 is 1.18 bits per heavy atom. The van der Waals surface area contributed by atoms with E-state index in [1.165, 1.54) is 19.4 Å². The number of allylic oxidation sites excluding steroid dienone is 1. The van der Waals surface area contributed by atoms with Crippen LogP contribution in [0.2, 0.25) is 0 Å². The number of nitrogens with zero attached hydrogens (tertiary/aromatic N) is 1. The second-order valence-corrected chi connectivity index (χ2v) is 3.65. The molecule has 0 aliphatic carbocycles. The third kappa shape index (κ3) is 6.11. The molecule has 0 aromatic rings. The van der Waals surface area contributed by atoms with Crippen LogP contribution in [0.25, 0.3) is 0 Å². The van der Waals surface area contributed by atoms with E-state index in [0.717, 1.165) is 10.9 Å². The molecule has 0 rings (SSSR count). The van der Waals surface area contributed by atoms with Crippen molar-refractivity contribution in [2.24, 2.45) is 0 Å². The topological polar surface area (TPSA) is 0 Å². The van der Waals surface area contributed by atoms with Gasteiger partial charge in [-0.3, -0.25) is 0 Å². The molecule has 0 spiro atoms. The Morgan fingerprint density at radius 3 is 2.27 bits per heavy atom. The number of quaternary nitrogens is 1. The van der Waals surface area contributed by atoms with Crippen LogP contribution in [0, 0.1) is 0 Å². The van der Waals surface area contributed by atoms with Crippen molar-refractivity contribution in [3.05, 3.63) is 12.3 Å². The zero-order valence-electron chi connectivity index (χ0n) is 8.43. The summed E-state index contributed by atoms with van der Waals surface area (Å²) in [6.07, 6.45) is 8.29. The first-order valence-corrected chi connectivity index (χ1v) is 4.62. The van der Waals surface area contributed by atoms with Gasteiger partial charge in [0, 0.05) is 0 Å². The van der Waals surface area contributed by atoms with Gasteiger partial charge in [0.15, 0.2) is 0 Å². The van der Waals surface area contributed by atoms with Crippen molar-refractivity contribution in [3.63, 3.8) is 0 Å². The van der Waals surface area contributed by atoms with Crippen LogP contribution in [0.4, 0.5) is 0 Å². The van der Waals surface area contributed by atoms with Gasteiger partial charge in [-0.2, -0.15) is 0 Å². The van der Waals surface area contributed by atoms with Crippen molar-refractivity contribution in [3.8, 4) is 0 Å². The van der Waals surface area contributed by atoms with E-state index in [0.29, 0.717) is 0 Å². The lowest BCUT2D eigenvalue weighted by Gasteiger charge is -2.24. The van der Waals surface area contributed by atoms with Crippen LogP contribution in [0.3, 0.4) is 0 Å². The summed E-state index contributed by atoms with van der Waals surface area (Å²) in [7, 11) is 4.50. The lowest BCUT2D eigenvalue weighted by molar-refractivity contribution is -0.839. The fourth-order valence-electron chi connectivity index (χ4n) is 1.03. The average Bonchev–Trinajstić information content (AvgIpc) is 1.97. The molecule has 1 heteroatoms. The van der Waals surface area contributed by atoms with Crippen LogP contribution < -0.4 is 0 Å². The van der Waals surface area contributed by atoms with Crippen LogP contribution in [-0.4, -0.2) is 25.1 Å². The Balaban J connectivity index is 3.69. The van der Waals surface area contributed by atoms with Gasteiger partial charge in [0.2, 0.25) is 0 Å². The van der Waals surface area contributed by atoms with Crippen LogP contribution in [0.15, 0.2) is 12.3 Å². The quantitative estimate of drug-likeness (QED) is 0.537. The third-order valence-electron chi connectivity index (χ3n) is 1.83. The molecule has 0 radical (unpaired) electrons. The monoisotopic (exact) mass is 156 g/mol. The van der Waals surface area contributed by atoms with Gasteiger partial charge in [-0.15, -0.1) is 0 Å². The van der Waals surface area contributed by atoms with Crippen LogP contribution >= 0.6 is 0 Å². The highest BCUT2D eigenvalue weighted by molar-refractivity contribution is 4.71. The second-order valence-electron chi connectivity index (χ2n) is 3.65. The molecular formula is C10H22N+. The van der Waals surface area contributed by atoms with E-state index in [-0.39, 0.29) is 0 Å². The van der Waals surface area contributed by atoms with E-state index >= 15 is 0 Å². The van der Waals surface area contributed by atoms with Gasteiger partial charge in [-0.25, -0.2) is 0 Å². The van der Waals surface area contributed by atoms with Crippen molar-refractivity contribution in [2.75, 3.05) is 20.6 Å². The van der Waals surface area contributed by atoms with Gasteiger partial charge in [-0.1, -0.05) is 20.3 Å². The predicted octanol–water partition coefficient (Wildman–Crippen LogP) is 2.79. The Hall–Kier alpha value is -0.300. The Labute approximate surface area is 71.3 Å². The molecule has 0 N–H and O–H groups in total. The van der Waals surface area contributed by atoms with Gasteiger partial charge in [0.25, 0.3) is 0 Å². The van der Waals surface area contributed by atoms with E-state index in [2.05, 4.69) is 40.2 Å². The molecule has 66 valence electrons. The van der Waals surface area contributed by atoms with E-state index in [4.69, 9.17) is 0 Å². The first-order valence-electron chi connectivity index (χ1n) is 4.62. The normalized spacial score (nSPS) is 12.7. The van der Waals surface area contributed by atoms with Gasteiger partial charge >= 0.3 is 0 Å². The lowest BCUT2D eigenvalue weighted by atomic mass is 10.3. The van der Waals surface area contributed by atoms with Crippen molar-refractivity contribution < 1.29 is 4.48 Å². The fourth-order valence-corrected chi connectivity index (χ4v) is 1.03. The van der Waals surface area contributed by atoms with E-state index in [1.54, 1.807) is 0 Å². The molecule has 0 heterocycles. The smallest absolute Gasteiger partial charge is 0.0913 e. The van der Waals surface area contributed by atoms with Crippen LogP contribution in [0.1, 0.15) is 33.1 Å². The van der Waals surface area contributed by atoms with Gasteiger partial charge in [-0.05, 0) is 18.9 Å². The summed E-state index contributed by atoms with van der Waals surface area (Å²) in [4.78, 5) is 0. The minimum Gasteiger partial charge on any atom is -0.302 e. The minimum absolute atomic E-state index is 1.03. The summed E-state index contributed by atoms with van der Waals surface area (Å²) in [5.41, 5.74) is 0. The molecule has 0 saturated carbocycles. The van der Waals surface area contributed by atoms with Crippen molar-refractivity contribution in [1.29, 1.82) is 0 Å². The van der Waals surface area contributed by atoms with Gasteiger partial charge in [0.1, 0.15) is 0 Å². The number of rotatable bonds is 5. The predicted molar refractivity (Wildman–Crippen MR) is 51.3 cm³/mol. The van der Waals surface area contributed by atoms with Gasteiger partial charge in [0.05, 0.1) is 26.8 Å². The Kier molecular flexibility index (Phi) is 5.22. The minimum atomic E-state index is 1.03. The highest BCUT2D eigenvalue weighted by atomic mass is 15.3. The largest absolute Gasteiger partial charge is 0.302 e. The molecule has 0 saturated heterocycles. The van der Waals surface area contributed by atoms with Crippen molar-refractivity contribution in [1.82, 2.24) is 0 Å². The molecule has 0 unspecified atom stereocenters. The number of unbranched alkanes of at least 4 members (excludes halogenated alkanes) is 1. The highest BCUT2D eigenvalue weighted by Crippen LogP contribution is 2.02. The lowest BCUT2D eigenvalue weighted by Crippen LogP contribution is -2.33. The molecule has 0 aliphatic rings. The standard InChI is InChI=1S/C10H22N/c1-5-7-9-11(3,4)10-8-6-2/h7,9H,5-6,8,10H2,1-4H3/q+1. The molecule has 0 aliphatic heterocycles. The first-order chi connectivity index (χ1) is 5.12. The molecule has 11 heavy (non-hydrogen) atoms. The van der Waals surface area contributed by atoms with Gasteiger partial charge < -0.3 is 4.48 Å². The molecule has 0 aromatic heterocycles. The maximum Gasteiger partial charge on any atom is 0.0913 e. The third-order valence-corrected chi connectivity index (χ3v) is 1.83. The molecular weight excluding hydrogens is 134 g/mol. The van der Waals surface area contributed by atoms with Crippen molar-refractivity contribution >= 4 is 0 Å². The molecule has 0 fully saturated rings. The van der Waals surface area contributed by atoms with Crippen LogP contribution in [-0.2, 0) is 0 Å². The highest BCUT2D eigenvalue weighted by Gasteiger charge is 2.08. The summed E-state index contributed by atoms with van der Waals surface area (Å²) in [5, 5.41) is 0. The molecule has 0 aromatic carbocycles. The zero-order valence-corrected chi connectivity index (χ0v) is 8.43. The molecule has 0 atom stereocenters. The van der Waals surface area contributed by atoms with Crippen molar-refractivity contribution in [2.45, 2.75) is 33.1 Å². The molecule has 0 bridgehead atoms. The summed E-state index contributed by atoms with van der Waals surface area (Å²) in [6, 6.07) is 0. The maximum atomic E-state index is 2.29. The van der Waals surface area contributed by atoms with E-state index in [9.17, 15) is 0 Å². The zero-order chi connectivity index (χ0) is 8.74. The Bertz CT molecular complexity index is 114. The van der Waals surface area contributed by atoms with E-state index < -0.39 is 0 Å². The summed E-state index contributed by atoms with van der Waals surface area (Å²) in [6.45, 7) is 5.67. The molecule has 1 nitrogen and oxygen atoms in total. The first kappa shape index (κ1) is 10.7. The maximum absolute atomic E-state index is 2.29. The second kappa shape index (κ2) is 5.36. The SMILES string of the molecule is CCC=C[N+](C)(C)CCCC.